The molecule has 3 aromatic heterocycles. The van der Waals surface area contributed by atoms with Gasteiger partial charge in [0.25, 0.3) is 5.91 Å². The Hall–Kier alpha value is -3.17. The summed E-state index contributed by atoms with van der Waals surface area (Å²) in [4.78, 5) is 24.5. The lowest BCUT2D eigenvalue weighted by Gasteiger charge is -2.35. The van der Waals surface area contributed by atoms with Gasteiger partial charge in [0, 0.05) is 50.3 Å². The molecule has 0 atom stereocenters. The van der Waals surface area contributed by atoms with Gasteiger partial charge in [-0.15, -0.1) is 0 Å². The van der Waals surface area contributed by atoms with Gasteiger partial charge in [-0.1, -0.05) is 0 Å². The first kappa shape index (κ1) is 19.8. The number of aryl methyl sites for hydroxylation is 2. The van der Waals surface area contributed by atoms with Crippen LogP contribution in [0.5, 0.6) is 0 Å². The molecule has 0 spiro atoms. The van der Waals surface area contributed by atoms with Crippen molar-refractivity contribution in [1.82, 2.24) is 24.5 Å². The summed E-state index contributed by atoms with van der Waals surface area (Å²) in [6, 6.07) is 2.03. The van der Waals surface area contributed by atoms with E-state index < -0.39 is 11.9 Å². The van der Waals surface area contributed by atoms with E-state index in [1.165, 1.54) is 11.6 Å². The van der Waals surface area contributed by atoms with E-state index >= 15 is 0 Å². The number of hydrogen-bond donors (Lipinski definition) is 0. The molecule has 1 aliphatic heterocycles. The van der Waals surface area contributed by atoms with E-state index in [1.807, 2.05) is 10.7 Å². The molecular weight excluding hydrogens is 409 g/mol. The zero-order chi connectivity index (χ0) is 21.6. The number of rotatable bonds is 2. The third kappa shape index (κ3) is 3.60. The van der Waals surface area contributed by atoms with Gasteiger partial charge in [-0.25, -0.2) is 9.50 Å². The molecule has 1 amide bonds. The molecule has 0 saturated carbocycles. The number of hydrogen-bond acceptors (Lipinski definition) is 5. The number of nitrogens with zero attached hydrogens (tertiary/aromatic N) is 6. The third-order valence-electron chi connectivity index (χ3n) is 5.97. The number of fused-ring (bicyclic) bond motifs is 3. The third-order valence-corrected chi connectivity index (χ3v) is 5.97. The number of pyridine rings is 1. The van der Waals surface area contributed by atoms with Crippen molar-refractivity contribution < 1.29 is 18.0 Å². The van der Waals surface area contributed by atoms with Crippen LogP contribution in [-0.2, 0) is 19.0 Å². The second-order valence-corrected chi connectivity index (χ2v) is 7.89. The van der Waals surface area contributed by atoms with Crippen LogP contribution in [0.2, 0.25) is 0 Å². The van der Waals surface area contributed by atoms with E-state index in [0.29, 0.717) is 26.2 Å². The fourth-order valence-corrected chi connectivity index (χ4v) is 4.37. The SMILES string of the molecule is O=C(c1ccc(C(F)(F)F)nc1)N1CCN(c2nccn3nc4c(c23)CCCC4)CC1. The molecule has 31 heavy (non-hydrogen) atoms. The molecule has 5 rings (SSSR count). The summed E-state index contributed by atoms with van der Waals surface area (Å²) in [5.74, 6) is 0.565. The zero-order valence-electron chi connectivity index (χ0n) is 16.8. The smallest absolute Gasteiger partial charge is 0.351 e. The maximum atomic E-state index is 12.7. The quantitative estimate of drug-likeness (QED) is 0.626. The van der Waals surface area contributed by atoms with Crippen molar-refractivity contribution in [2.24, 2.45) is 0 Å². The van der Waals surface area contributed by atoms with Crippen LogP contribution in [0.15, 0.2) is 30.7 Å². The Morgan fingerprint density at radius 3 is 2.48 bits per heavy atom. The number of carbonyl (C=O) groups excluding carboxylic acids is 1. The van der Waals surface area contributed by atoms with E-state index in [4.69, 9.17) is 5.10 Å². The molecule has 1 fully saturated rings. The maximum Gasteiger partial charge on any atom is 0.433 e. The predicted octanol–water partition coefficient (Wildman–Crippen LogP) is 2.98. The van der Waals surface area contributed by atoms with Gasteiger partial charge in [0.1, 0.15) is 11.2 Å². The number of carbonyl (C=O) groups is 1. The fraction of sp³-hybridized carbons (Fsp3) is 0.429. The van der Waals surface area contributed by atoms with Gasteiger partial charge in [-0.05, 0) is 37.8 Å². The Morgan fingerprint density at radius 1 is 1.00 bits per heavy atom. The number of amides is 1. The van der Waals surface area contributed by atoms with Crippen LogP contribution < -0.4 is 4.90 Å². The van der Waals surface area contributed by atoms with Gasteiger partial charge in [0.05, 0.1) is 11.3 Å². The summed E-state index contributed by atoms with van der Waals surface area (Å²) >= 11 is 0. The van der Waals surface area contributed by atoms with Crippen molar-refractivity contribution in [2.45, 2.75) is 31.9 Å². The summed E-state index contributed by atoms with van der Waals surface area (Å²) in [6.45, 7) is 2.09. The summed E-state index contributed by atoms with van der Waals surface area (Å²) in [5, 5.41) is 4.71. The topological polar surface area (TPSA) is 66.6 Å². The molecule has 1 aliphatic carbocycles. The summed E-state index contributed by atoms with van der Waals surface area (Å²) in [7, 11) is 0. The Morgan fingerprint density at radius 2 is 1.77 bits per heavy atom. The van der Waals surface area contributed by atoms with Crippen LogP contribution >= 0.6 is 0 Å². The van der Waals surface area contributed by atoms with Crippen LogP contribution in [0.3, 0.4) is 0 Å². The minimum absolute atomic E-state index is 0.159. The highest BCUT2D eigenvalue weighted by molar-refractivity contribution is 5.94. The first-order chi connectivity index (χ1) is 14.9. The van der Waals surface area contributed by atoms with E-state index in [1.54, 1.807) is 11.1 Å². The van der Waals surface area contributed by atoms with Crippen molar-refractivity contribution in [2.75, 3.05) is 31.1 Å². The summed E-state index contributed by atoms with van der Waals surface area (Å²) in [5.41, 5.74) is 2.61. The summed E-state index contributed by atoms with van der Waals surface area (Å²) < 4.78 is 40.0. The second kappa shape index (κ2) is 7.51. The molecule has 162 valence electrons. The van der Waals surface area contributed by atoms with E-state index in [0.717, 1.165) is 55.0 Å². The van der Waals surface area contributed by atoms with Gasteiger partial charge in [-0.3, -0.25) is 9.78 Å². The average molecular weight is 430 g/mol. The normalized spacial score (nSPS) is 17.1. The van der Waals surface area contributed by atoms with Crippen molar-refractivity contribution in [3.05, 3.63) is 53.2 Å². The molecule has 0 radical (unpaired) electrons. The van der Waals surface area contributed by atoms with E-state index in [9.17, 15) is 18.0 Å². The van der Waals surface area contributed by atoms with Crippen molar-refractivity contribution in [3.8, 4) is 0 Å². The first-order valence-corrected chi connectivity index (χ1v) is 10.3. The summed E-state index contributed by atoms with van der Waals surface area (Å²) in [6.07, 6.45) is 4.37. The average Bonchev–Trinajstić information content (AvgIpc) is 3.17. The number of aromatic nitrogens is 4. The molecule has 10 heteroatoms. The molecule has 0 aromatic carbocycles. The molecule has 7 nitrogen and oxygen atoms in total. The highest BCUT2D eigenvalue weighted by Gasteiger charge is 2.33. The zero-order valence-corrected chi connectivity index (χ0v) is 16.8. The largest absolute Gasteiger partial charge is 0.433 e. The molecule has 2 aliphatic rings. The minimum atomic E-state index is -4.52. The first-order valence-electron chi connectivity index (χ1n) is 10.3. The second-order valence-electron chi connectivity index (χ2n) is 7.89. The Balaban J connectivity index is 1.32. The van der Waals surface area contributed by atoms with Gasteiger partial charge in [-0.2, -0.15) is 18.3 Å². The van der Waals surface area contributed by atoms with E-state index in [2.05, 4.69) is 14.9 Å². The highest BCUT2D eigenvalue weighted by atomic mass is 19.4. The minimum Gasteiger partial charge on any atom is -0.351 e. The number of piperazine rings is 1. The van der Waals surface area contributed by atoms with Gasteiger partial charge >= 0.3 is 6.18 Å². The number of anilines is 1. The standard InChI is InChI=1S/C21H21F3N6O/c22-21(23,24)17-6-5-14(13-26-17)20(31)29-11-9-28(10-12-29)19-18-15-3-1-2-4-16(15)27-30(18)8-7-25-19/h5-8,13H,1-4,9-12H2. The number of alkyl halides is 3. The molecule has 0 N–H and O–H groups in total. The van der Waals surface area contributed by atoms with Crippen LogP contribution in [0.25, 0.3) is 5.52 Å². The Bertz CT molecular complexity index is 1120. The molecule has 4 heterocycles. The van der Waals surface area contributed by atoms with Gasteiger partial charge in [0.2, 0.25) is 0 Å². The monoisotopic (exact) mass is 430 g/mol. The maximum absolute atomic E-state index is 12.7. The van der Waals surface area contributed by atoms with Gasteiger partial charge in [0.15, 0.2) is 5.82 Å². The molecule has 3 aromatic rings. The van der Waals surface area contributed by atoms with Crippen molar-refractivity contribution in [3.63, 3.8) is 0 Å². The lowest BCUT2D eigenvalue weighted by atomic mass is 9.97. The van der Waals surface area contributed by atoms with Crippen LogP contribution in [-0.4, -0.2) is 56.6 Å². The lowest BCUT2D eigenvalue weighted by molar-refractivity contribution is -0.141. The Labute approximate surface area is 176 Å². The van der Waals surface area contributed by atoms with Crippen molar-refractivity contribution >= 4 is 17.2 Å². The van der Waals surface area contributed by atoms with Crippen molar-refractivity contribution in [1.29, 1.82) is 0 Å². The van der Waals surface area contributed by atoms with E-state index in [-0.39, 0.29) is 11.5 Å². The Kier molecular flexibility index (Phi) is 4.79. The lowest BCUT2D eigenvalue weighted by Crippen LogP contribution is -2.49. The van der Waals surface area contributed by atoms with Crippen LogP contribution in [0.4, 0.5) is 19.0 Å². The van der Waals surface area contributed by atoms with Crippen LogP contribution in [0.1, 0.15) is 40.2 Å². The molecule has 1 saturated heterocycles. The molecule has 0 unspecified atom stereocenters. The predicted molar refractivity (Wildman–Crippen MR) is 107 cm³/mol. The molecular formula is C21H21F3N6O. The molecule has 0 bridgehead atoms. The van der Waals surface area contributed by atoms with Crippen LogP contribution in [0, 0.1) is 0 Å². The van der Waals surface area contributed by atoms with Gasteiger partial charge < -0.3 is 9.80 Å². The fourth-order valence-electron chi connectivity index (χ4n) is 4.37. The number of halogens is 3. The highest BCUT2D eigenvalue weighted by Crippen LogP contribution is 2.31.